The van der Waals surface area contributed by atoms with Gasteiger partial charge in [-0.2, -0.15) is 0 Å². The molecule has 0 aliphatic heterocycles. The van der Waals surface area contributed by atoms with Gasteiger partial charge in [0.2, 0.25) is 5.91 Å². The second kappa shape index (κ2) is 9.72. The van der Waals surface area contributed by atoms with Gasteiger partial charge in [-0.1, -0.05) is 48.0 Å². The molecule has 0 atom stereocenters. The Labute approximate surface area is 153 Å². The van der Waals surface area contributed by atoms with Gasteiger partial charge in [-0.15, -0.1) is 11.8 Å². The van der Waals surface area contributed by atoms with E-state index in [-0.39, 0.29) is 5.91 Å². The molecule has 0 unspecified atom stereocenters. The van der Waals surface area contributed by atoms with Crippen LogP contribution in [0.4, 0.5) is 0 Å². The number of halogens is 1. The van der Waals surface area contributed by atoms with Crippen molar-refractivity contribution in [3.8, 4) is 0 Å². The molecule has 5 heteroatoms. The summed E-state index contributed by atoms with van der Waals surface area (Å²) in [5.41, 5.74) is 3.52. The molecule has 0 bridgehead atoms. The summed E-state index contributed by atoms with van der Waals surface area (Å²) in [6.07, 6.45) is 0. The first-order chi connectivity index (χ1) is 11.5. The summed E-state index contributed by atoms with van der Waals surface area (Å²) in [7, 11) is 4.10. The van der Waals surface area contributed by atoms with Crippen LogP contribution in [0.2, 0.25) is 5.02 Å². The maximum absolute atomic E-state index is 11.9. The Kier molecular flexibility index (Phi) is 7.63. The van der Waals surface area contributed by atoms with Gasteiger partial charge in [0.05, 0.1) is 5.75 Å². The van der Waals surface area contributed by atoms with Crippen LogP contribution in [0.5, 0.6) is 0 Å². The molecule has 3 nitrogen and oxygen atoms in total. The quantitative estimate of drug-likeness (QED) is 0.771. The van der Waals surface area contributed by atoms with E-state index in [4.69, 9.17) is 11.6 Å². The van der Waals surface area contributed by atoms with Crippen LogP contribution < -0.4 is 5.32 Å². The third kappa shape index (κ3) is 6.95. The molecule has 0 radical (unpaired) electrons. The number of hydrogen-bond donors (Lipinski definition) is 1. The number of amides is 1. The molecule has 0 fully saturated rings. The van der Waals surface area contributed by atoms with Crippen LogP contribution in [0.15, 0.2) is 48.5 Å². The highest BCUT2D eigenvalue weighted by Crippen LogP contribution is 2.16. The molecule has 0 heterocycles. The summed E-state index contributed by atoms with van der Waals surface area (Å²) >= 11 is 7.54. The molecule has 128 valence electrons. The Morgan fingerprint density at radius 2 is 1.79 bits per heavy atom. The van der Waals surface area contributed by atoms with Crippen molar-refractivity contribution in [2.24, 2.45) is 0 Å². The van der Waals surface area contributed by atoms with E-state index >= 15 is 0 Å². The Hall–Kier alpha value is -1.49. The predicted octanol–water partition coefficient (Wildman–Crippen LogP) is 3.95. The van der Waals surface area contributed by atoms with Gasteiger partial charge in [0.15, 0.2) is 0 Å². The van der Waals surface area contributed by atoms with Crippen molar-refractivity contribution in [2.45, 2.75) is 18.8 Å². The lowest BCUT2D eigenvalue weighted by molar-refractivity contribution is -0.118. The van der Waals surface area contributed by atoms with Gasteiger partial charge < -0.3 is 10.2 Å². The first-order valence-electron chi connectivity index (χ1n) is 7.84. The standard InChI is InChI=1S/C19H23ClN2OS/c1-22(2)12-16-8-6-15(7-9-16)11-21-19(23)14-24-13-17-4-3-5-18(20)10-17/h3-10H,11-14H2,1-2H3,(H,21,23). The lowest BCUT2D eigenvalue weighted by Gasteiger charge is -2.10. The zero-order chi connectivity index (χ0) is 17.4. The van der Waals surface area contributed by atoms with Crippen LogP contribution in [-0.2, 0) is 23.6 Å². The SMILES string of the molecule is CN(C)Cc1ccc(CNC(=O)CSCc2cccc(Cl)c2)cc1. The molecule has 0 aliphatic rings. The smallest absolute Gasteiger partial charge is 0.230 e. The summed E-state index contributed by atoms with van der Waals surface area (Å²) in [5, 5.41) is 3.69. The lowest BCUT2D eigenvalue weighted by Crippen LogP contribution is -2.24. The van der Waals surface area contributed by atoms with Crippen LogP contribution >= 0.6 is 23.4 Å². The maximum atomic E-state index is 11.9. The number of thioether (sulfide) groups is 1. The highest BCUT2D eigenvalue weighted by Gasteiger charge is 2.03. The minimum atomic E-state index is 0.0550. The molecular weight excluding hydrogens is 340 g/mol. The fraction of sp³-hybridized carbons (Fsp3) is 0.316. The third-order valence-corrected chi connectivity index (χ3v) is 4.64. The van der Waals surface area contributed by atoms with Gasteiger partial charge in [0, 0.05) is 23.9 Å². The summed E-state index contributed by atoms with van der Waals surface area (Å²) in [6.45, 7) is 1.49. The monoisotopic (exact) mass is 362 g/mol. The Bertz CT molecular complexity index is 659. The van der Waals surface area contributed by atoms with Gasteiger partial charge in [0.25, 0.3) is 0 Å². The zero-order valence-electron chi connectivity index (χ0n) is 14.1. The predicted molar refractivity (Wildman–Crippen MR) is 103 cm³/mol. The first-order valence-corrected chi connectivity index (χ1v) is 9.37. The summed E-state index contributed by atoms with van der Waals surface area (Å²) in [6, 6.07) is 16.1. The molecule has 2 rings (SSSR count). The number of carbonyl (C=O) groups excluding carboxylic acids is 1. The molecule has 0 aliphatic carbocycles. The Morgan fingerprint density at radius 1 is 1.08 bits per heavy atom. The Morgan fingerprint density at radius 3 is 2.46 bits per heavy atom. The van der Waals surface area contributed by atoms with Gasteiger partial charge in [-0.3, -0.25) is 4.79 Å². The average Bonchev–Trinajstić information content (AvgIpc) is 2.54. The van der Waals surface area contributed by atoms with E-state index in [1.807, 2.05) is 24.3 Å². The van der Waals surface area contributed by atoms with Crippen LogP contribution in [-0.4, -0.2) is 30.7 Å². The van der Waals surface area contributed by atoms with Crippen LogP contribution in [0.1, 0.15) is 16.7 Å². The van der Waals surface area contributed by atoms with Crippen molar-refractivity contribution in [1.82, 2.24) is 10.2 Å². The van der Waals surface area contributed by atoms with Crippen LogP contribution in [0.25, 0.3) is 0 Å². The minimum Gasteiger partial charge on any atom is -0.351 e. The molecule has 0 spiro atoms. The Balaban J connectivity index is 1.69. The molecule has 1 amide bonds. The van der Waals surface area contributed by atoms with Crippen LogP contribution in [0.3, 0.4) is 0 Å². The number of carbonyl (C=O) groups is 1. The number of nitrogens with one attached hydrogen (secondary N) is 1. The average molecular weight is 363 g/mol. The molecule has 2 aromatic rings. The van der Waals surface area contributed by atoms with Gasteiger partial charge in [-0.05, 0) is 42.9 Å². The van der Waals surface area contributed by atoms with Crippen molar-refractivity contribution >= 4 is 29.3 Å². The fourth-order valence-electron chi connectivity index (χ4n) is 2.27. The normalized spacial score (nSPS) is 10.8. The number of hydrogen-bond acceptors (Lipinski definition) is 3. The number of rotatable bonds is 8. The van der Waals surface area contributed by atoms with Crippen molar-refractivity contribution in [1.29, 1.82) is 0 Å². The maximum Gasteiger partial charge on any atom is 0.230 e. The summed E-state index contributed by atoms with van der Waals surface area (Å²) in [5.74, 6) is 1.29. The van der Waals surface area contributed by atoms with E-state index < -0.39 is 0 Å². The van der Waals surface area contributed by atoms with E-state index in [0.29, 0.717) is 12.3 Å². The molecule has 0 saturated carbocycles. The van der Waals surface area contributed by atoms with Crippen molar-refractivity contribution in [3.63, 3.8) is 0 Å². The highest BCUT2D eigenvalue weighted by atomic mass is 35.5. The van der Waals surface area contributed by atoms with Crippen molar-refractivity contribution < 1.29 is 4.79 Å². The fourth-order valence-corrected chi connectivity index (χ4v) is 3.29. The lowest BCUT2D eigenvalue weighted by atomic mass is 10.1. The highest BCUT2D eigenvalue weighted by molar-refractivity contribution is 7.99. The minimum absolute atomic E-state index is 0.0550. The van der Waals surface area contributed by atoms with E-state index in [2.05, 4.69) is 48.6 Å². The van der Waals surface area contributed by atoms with Crippen molar-refractivity contribution in [2.75, 3.05) is 19.8 Å². The first kappa shape index (κ1) is 18.8. The number of nitrogens with zero attached hydrogens (tertiary/aromatic N) is 1. The van der Waals surface area contributed by atoms with Crippen LogP contribution in [0, 0.1) is 0 Å². The molecule has 0 aromatic heterocycles. The number of benzene rings is 2. The zero-order valence-corrected chi connectivity index (χ0v) is 15.7. The second-order valence-corrected chi connectivity index (χ2v) is 7.38. The summed E-state index contributed by atoms with van der Waals surface area (Å²) < 4.78 is 0. The van der Waals surface area contributed by atoms with Gasteiger partial charge in [0.1, 0.15) is 0 Å². The van der Waals surface area contributed by atoms with E-state index in [1.54, 1.807) is 11.8 Å². The molecular formula is C19H23ClN2OS. The van der Waals surface area contributed by atoms with Gasteiger partial charge in [-0.25, -0.2) is 0 Å². The third-order valence-electron chi connectivity index (χ3n) is 3.40. The van der Waals surface area contributed by atoms with E-state index in [0.717, 1.165) is 28.4 Å². The van der Waals surface area contributed by atoms with Gasteiger partial charge >= 0.3 is 0 Å². The van der Waals surface area contributed by atoms with E-state index in [1.165, 1.54) is 5.56 Å². The molecule has 24 heavy (non-hydrogen) atoms. The second-order valence-electron chi connectivity index (χ2n) is 5.95. The molecule has 0 saturated heterocycles. The van der Waals surface area contributed by atoms with E-state index in [9.17, 15) is 4.79 Å². The largest absolute Gasteiger partial charge is 0.351 e. The molecule has 1 N–H and O–H groups in total. The topological polar surface area (TPSA) is 32.3 Å². The summed E-state index contributed by atoms with van der Waals surface area (Å²) in [4.78, 5) is 14.1. The molecule has 2 aromatic carbocycles. The van der Waals surface area contributed by atoms with Crippen molar-refractivity contribution in [3.05, 3.63) is 70.2 Å².